The van der Waals surface area contributed by atoms with Gasteiger partial charge in [0.25, 0.3) is 0 Å². The molecule has 0 unspecified atom stereocenters. The summed E-state index contributed by atoms with van der Waals surface area (Å²) in [7, 11) is 0. The summed E-state index contributed by atoms with van der Waals surface area (Å²) in [5.74, 6) is -1.64. The molecule has 1 saturated heterocycles. The second-order valence-electron chi connectivity index (χ2n) is 7.92. The predicted molar refractivity (Wildman–Crippen MR) is 117 cm³/mol. The van der Waals surface area contributed by atoms with Crippen molar-refractivity contribution in [2.75, 3.05) is 10.7 Å². The molecule has 4 rings (SSSR count). The molecular formula is C23H24FN3O3S. The van der Waals surface area contributed by atoms with E-state index in [1.807, 2.05) is 0 Å². The van der Waals surface area contributed by atoms with Crippen LogP contribution in [0, 0.1) is 11.7 Å². The highest BCUT2D eigenvalue weighted by Crippen LogP contribution is 2.35. The number of nitrogens with one attached hydrogen (secondary N) is 1. The highest BCUT2D eigenvalue weighted by Gasteiger charge is 2.40. The van der Waals surface area contributed by atoms with Gasteiger partial charge in [-0.1, -0.05) is 36.7 Å². The molecule has 1 saturated carbocycles. The van der Waals surface area contributed by atoms with Crippen LogP contribution in [-0.4, -0.2) is 33.7 Å². The quantitative estimate of drug-likeness (QED) is 0.741. The first-order valence-corrected chi connectivity index (χ1v) is 11.5. The first-order valence-electron chi connectivity index (χ1n) is 10.5. The van der Waals surface area contributed by atoms with Crippen LogP contribution in [0.25, 0.3) is 0 Å². The van der Waals surface area contributed by atoms with Crippen LogP contribution in [-0.2, 0) is 14.4 Å². The first-order chi connectivity index (χ1) is 15.0. The number of thioether (sulfide) groups is 1. The monoisotopic (exact) mass is 441 g/mol. The van der Waals surface area contributed by atoms with E-state index in [1.54, 1.807) is 30.6 Å². The molecule has 162 valence electrons. The second kappa shape index (κ2) is 9.60. The molecule has 2 aliphatic rings. The fraction of sp³-hybridized carbons (Fsp3) is 0.391. The van der Waals surface area contributed by atoms with Gasteiger partial charge in [-0.25, -0.2) is 4.39 Å². The Kier molecular flexibility index (Phi) is 6.65. The number of amides is 2. The van der Waals surface area contributed by atoms with Crippen molar-refractivity contribution in [3.05, 3.63) is 60.2 Å². The number of pyridine rings is 1. The minimum Gasteiger partial charge on any atom is -0.351 e. The Bertz CT molecular complexity index is 966. The van der Waals surface area contributed by atoms with E-state index in [2.05, 4.69) is 10.3 Å². The zero-order valence-electron chi connectivity index (χ0n) is 17.0. The number of aromatic nitrogens is 1. The Morgan fingerprint density at radius 3 is 2.48 bits per heavy atom. The summed E-state index contributed by atoms with van der Waals surface area (Å²) in [5, 5.41) is 2.99. The van der Waals surface area contributed by atoms with Crippen LogP contribution in [0.3, 0.4) is 0 Å². The Morgan fingerprint density at radius 2 is 1.84 bits per heavy atom. The van der Waals surface area contributed by atoms with E-state index in [1.165, 1.54) is 23.1 Å². The fourth-order valence-electron chi connectivity index (χ4n) is 4.21. The lowest BCUT2D eigenvalue weighted by atomic mass is 9.99. The molecule has 2 atom stereocenters. The Hall–Kier alpha value is -2.74. The number of nitrogens with zero attached hydrogens (tertiary/aromatic N) is 2. The SMILES string of the molecule is O=C1C[C@@H](C(=O)N(c2ccccc2F)[C@@H](C(=O)NC2CCCC2)c2ccncc2)CS1. The molecule has 1 aromatic carbocycles. The molecule has 1 aromatic heterocycles. The van der Waals surface area contributed by atoms with Gasteiger partial charge in [0.2, 0.25) is 11.8 Å². The zero-order chi connectivity index (χ0) is 21.8. The molecule has 31 heavy (non-hydrogen) atoms. The summed E-state index contributed by atoms with van der Waals surface area (Å²) in [6, 6.07) is 8.23. The van der Waals surface area contributed by atoms with E-state index < -0.39 is 23.7 Å². The van der Waals surface area contributed by atoms with Gasteiger partial charge in [-0.3, -0.25) is 24.3 Å². The lowest BCUT2D eigenvalue weighted by Crippen LogP contribution is -2.48. The van der Waals surface area contributed by atoms with Gasteiger partial charge in [-0.05, 0) is 42.7 Å². The number of hydrogen-bond donors (Lipinski definition) is 1. The third kappa shape index (κ3) is 4.79. The van der Waals surface area contributed by atoms with Gasteiger partial charge in [-0.2, -0.15) is 0 Å². The van der Waals surface area contributed by atoms with Crippen molar-refractivity contribution in [3.63, 3.8) is 0 Å². The van der Waals surface area contributed by atoms with Crippen LogP contribution in [0.2, 0.25) is 0 Å². The van der Waals surface area contributed by atoms with Gasteiger partial charge in [0.05, 0.1) is 11.6 Å². The van der Waals surface area contributed by atoms with Gasteiger partial charge < -0.3 is 5.32 Å². The molecule has 2 fully saturated rings. The third-order valence-corrected chi connectivity index (χ3v) is 6.84. The van der Waals surface area contributed by atoms with Crippen molar-refractivity contribution in [2.24, 2.45) is 5.92 Å². The lowest BCUT2D eigenvalue weighted by Gasteiger charge is -2.33. The Balaban J connectivity index is 1.77. The Morgan fingerprint density at radius 1 is 1.13 bits per heavy atom. The minimum absolute atomic E-state index is 0.0280. The maximum atomic E-state index is 14.9. The number of carbonyl (C=O) groups is 3. The van der Waals surface area contributed by atoms with E-state index in [0.29, 0.717) is 11.3 Å². The number of halogens is 1. The van der Waals surface area contributed by atoms with Gasteiger partial charge in [0, 0.05) is 30.6 Å². The fourth-order valence-corrected chi connectivity index (χ4v) is 5.18. The van der Waals surface area contributed by atoms with Crippen molar-refractivity contribution >= 4 is 34.4 Å². The second-order valence-corrected chi connectivity index (χ2v) is 8.99. The molecule has 8 heteroatoms. The van der Waals surface area contributed by atoms with Crippen LogP contribution in [0.5, 0.6) is 0 Å². The van der Waals surface area contributed by atoms with Gasteiger partial charge in [0.15, 0.2) is 5.12 Å². The molecule has 0 radical (unpaired) electrons. The standard InChI is InChI=1S/C23H24FN3O3S/c24-18-7-3-4-8-19(18)27(23(30)16-13-20(28)31-14-16)21(15-9-11-25-12-10-15)22(29)26-17-5-1-2-6-17/h3-4,7-12,16-17,21H,1-2,5-6,13-14H2,(H,26,29)/t16-,21-/m1/s1. The van der Waals surface area contributed by atoms with Crippen LogP contribution in [0.15, 0.2) is 48.8 Å². The smallest absolute Gasteiger partial charge is 0.248 e. The van der Waals surface area contributed by atoms with Crippen molar-refractivity contribution in [1.82, 2.24) is 10.3 Å². The van der Waals surface area contributed by atoms with E-state index in [4.69, 9.17) is 0 Å². The molecule has 1 aliphatic carbocycles. The molecule has 6 nitrogen and oxygen atoms in total. The highest BCUT2D eigenvalue weighted by atomic mass is 32.2. The molecule has 0 bridgehead atoms. The van der Waals surface area contributed by atoms with Crippen LogP contribution < -0.4 is 10.2 Å². The zero-order valence-corrected chi connectivity index (χ0v) is 17.8. The summed E-state index contributed by atoms with van der Waals surface area (Å²) in [4.78, 5) is 44.2. The van der Waals surface area contributed by atoms with Crippen LogP contribution >= 0.6 is 11.8 Å². The Labute approximate surface area is 184 Å². The van der Waals surface area contributed by atoms with Gasteiger partial charge in [0.1, 0.15) is 11.9 Å². The minimum atomic E-state index is -1.06. The molecule has 0 spiro atoms. The van der Waals surface area contributed by atoms with Gasteiger partial charge >= 0.3 is 0 Å². The van der Waals surface area contributed by atoms with Gasteiger partial charge in [-0.15, -0.1) is 0 Å². The lowest BCUT2D eigenvalue weighted by molar-refractivity contribution is -0.129. The van der Waals surface area contributed by atoms with Crippen molar-refractivity contribution < 1.29 is 18.8 Å². The first kappa shape index (κ1) is 21.5. The number of carbonyl (C=O) groups excluding carboxylic acids is 3. The van der Waals surface area contributed by atoms with Crippen LogP contribution in [0.4, 0.5) is 10.1 Å². The molecule has 2 aromatic rings. The maximum Gasteiger partial charge on any atom is 0.248 e. The van der Waals surface area contributed by atoms with Crippen molar-refractivity contribution in [1.29, 1.82) is 0 Å². The predicted octanol–water partition coefficient (Wildman–Crippen LogP) is 3.63. The maximum absolute atomic E-state index is 14.9. The summed E-state index contributed by atoms with van der Waals surface area (Å²) in [6.45, 7) is 0. The molecular weight excluding hydrogens is 417 g/mol. The average molecular weight is 442 g/mol. The normalized spacial score (nSPS) is 19.9. The van der Waals surface area contributed by atoms with E-state index in [-0.39, 0.29) is 29.2 Å². The molecule has 1 aliphatic heterocycles. The molecule has 1 N–H and O–H groups in total. The van der Waals surface area contributed by atoms with E-state index in [0.717, 1.165) is 37.4 Å². The van der Waals surface area contributed by atoms with Crippen molar-refractivity contribution in [2.45, 2.75) is 44.2 Å². The number of benzene rings is 1. The summed E-state index contributed by atoms with van der Waals surface area (Å²) in [6.07, 6.45) is 7.03. The average Bonchev–Trinajstić information content (AvgIpc) is 3.44. The number of rotatable bonds is 6. The highest BCUT2D eigenvalue weighted by molar-refractivity contribution is 8.14. The van der Waals surface area contributed by atoms with Crippen molar-refractivity contribution in [3.8, 4) is 0 Å². The molecule has 2 amide bonds. The number of hydrogen-bond acceptors (Lipinski definition) is 5. The van der Waals surface area contributed by atoms with E-state index in [9.17, 15) is 18.8 Å². The third-order valence-electron chi connectivity index (χ3n) is 5.79. The summed E-state index contributed by atoms with van der Waals surface area (Å²) in [5.41, 5.74) is 0.569. The summed E-state index contributed by atoms with van der Waals surface area (Å²) < 4.78 is 14.9. The summed E-state index contributed by atoms with van der Waals surface area (Å²) >= 11 is 1.10. The number of para-hydroxylation sites is 1. The molecule has 2 heterocycles. The van der Waals surface area contributed by atoms with E-state index >= 15 is 0 Å². The van der Waals surface area contributed by atoms with Crippen LogP contribution in [0.1, 0.15) is 43.7 Å². The largest absolute Gasteiger partial charge is 0.351 e. The number of anilines is 1. The topological polar surface area (TPSA) is 79.4 Å².